The topological polar surface area (TPSA) is 29.5 Å². The summed E-state index contributed by atoms with van der Waals surface area (Å²) in [6, 6.07) is 14.5. The quantitative estimate of drug-likeness (QED) is 0.640. The van der Waals surface area contributed by atoms with E-state index in [1.807, 2.05) is 24.3 Å². The van der Waals surface area contributed by atoms with Gasteiger partial charge in [-0.15, -0.1) is 0 Å². The van der Waals surface area contributed by atoms with Crippen LogP contribution >= 0.6 is 0 Å². The highest BCUT2D eigenvalue weighted by molar-refractivity contribution is 5.30. The fraction of sp³-hybridized carbons (Fsp3) is 0.455. The number of rotatable bonds is 9. The molecule has 0 aliphatic rings. The second kappa shape index (κ2) is 9.48. The zero-order valence-corrected chi connectivity index (χ0v) is 15.2. The fourth-order valence-electron chi connectivity index (χ4n) is 2.97. The maximum atomic E-state index is 9.04. The Labute approximate surface area is 146 Å². The zero-order chi connectivity index (χ0) is 17.4. The van der Waals surface area contributed by atoms with E-state index >= 15 is 0 Å². The molecular formula is C22H30O2. The van der Waals surface area contributed by atoms with Crippen LogP contribution in [-0.2, 0) is 13.0 Å². The minimum Gasteiger partial charge on any atom is -0.494 e. The van der Waals surface area contributed by atoms with Crippen LogP contribution in [0.25, 0.3) is 0 Å². The summed E-state index contributed by atoms with van der Waals surface area (Å²) in [5.41, 5.74) is 5.12. The number of benzene rings is 2. The monoisotopic (exact) mass is 326 g/mol. The molecule has 2 aromatic carbocycles. The summed E-state index contributed by atoms with van der Waals surface area (Å²) in [5.74, 6) is 1.60. The summed E-state index contributed by atoms with van der Waals surface area (Å²) in [4.78, 5) is 0. The number of hydrogen-bond donors (Lipinski definition) is 1. The molecule has 2 rings (SSSR count). The van der Waals surface area contributed by atoms with Gasteiger partial charge in [0.15, 0.2) is 0 Å². The van der Waals surface area contributed by atoms with Gasteiger partial charge in [-0.25, -0.2) is 0 Å². The van der Waals surface area contributed by atoms with Crippen LogP contribution in [0.15, 0.2) is 42.5 Å². The van der Waals surface area contributed by atoms with Crippen molar-refractivity contribution in [1.82, 2.24) is 0 Å². The van der Waals surface area contributed by atoms with Crippen LogP contribution in [0.3, 0.4) is 0 Å². The first-order valence-corrected chi connectivity index (χ1v) is 9.01. The predicted molar refractivity (Wildman–Crippen MR) is 100 cm³/mol. The number of aryl methyl sites for hydroxylation is 2. The van der Waals surface area contributed by atoms with Crippen LogP contribution in [-0.4, -0.2) is 11.7 Å². The molecule has 2 nitrogen and oxygen atoms in total. The molecule has 0 amide bonds. The van der Waals surface area contributed by atoms with E-state index in [1.165, 1.54) is 29.5 Å². The van der Waals surface area contributed by atoms with Gasteiger partial charge < -0.3 is 9.84 Å². The first kappa shape index (κ1) is 18.5. The SMILES string of the molecule is CCC(CCCOc1ccc(CO)cc1)Cc1ccc(C)c(C)c1. The molecule has 0 fully saturated rings. The Kier molecular flexibility index (Phi) is 7.33. The van der Waals surface area contributed by atoms with Crippen molar-refractivity contribution in [3.05, 3.63) is 64.7 Å². The van der Waals surface area contributed by atoms with Gasteiger partial charge in [0.2, 0.25) is 0 Å². The third kappa shape index (κ3) is 5.68. The molecule has 1 atom stereocenters. The lowest BCUT2D eigenvalue weighted by molar-refractivity contribution is 0.279. The van der Waals surface area contributed by atoms with Gasteiger partial charge in [-0.3, -0.25) is 0 Å². The van der Waals surface area contributed by atoms with Crippen LogP contribution in [0, 0.1) is 19.8 Å². The highest BCUT2D eigenvalue weighted by Crippen LogP contribution is 2.20. The van der Waals surface area contributed by atoms with Crippen molar-refractivity contribution in [3.63, 3.8) is 0 Å². The Morgan fingerprint density at radius 3 is 2.29 bits per heavy atom. The largest absolute Gasteiger partial charge is 0.494 e. The van der Waals surface area contributed by atoms with Crippen molar-refractivity contribution in [3.8, 4) is 5.75 Å². The molecule has 0 aliphatic carbocycles. The molecule has 0 radical (unpaired) electrons. The Bertz CT molecular complexity index is 616. The van der Waals surface area contributed by atoms with Gasteiger partial charge in [0.05, 0.1) is 13.2 Å². The number of aliphatic hydroxyl groups excluding tert-OH is 1. The molecule has 24 heavy (non-hydrogen) atoms. The van der Waals surface area contributed by atoms with Crippen LogP contribution in [0.1, 0.15) is 48.4 Å². The maximum absolute atomic E-state index is 9.04. The summed E-state index contributed by atoms with van der Waals surface area (Å²) < 4.78 is 5.80. The molecule has 1 N–H and O–H groups in total. The first-order valence-electron chi connectivity index (χ1n) is 9.01. The summed E-state index contributed by atoms with van der Waals surface area (Å²) >= 11 is 0. The lowest BCUT2D eigenvalue weighted by atomic mass is 9.91. The molecule has 1 unspecified atom stereocenters. The standard InChI is InChI=1S/C22H30O2/c1-4-19(15-21-8-7-17(2)18(3)14-21)6-5-13-24-22-11-9-20(16-23)10-12-22/h7-12,14,19,23H,4-6,13,15-16H2,1-3H3. The Hall–Kier alpha value is -1.80. The van der Waals surface area contributed by atoms with Crippen molar-refractivity contribution >= 4 is 0 Å². The Morgan fingerprint density at radius 1 is 0.958 bits per heavy atom. The molecular weight excluding hydrogens is 296 g/mol. The van der Waals surface area contributed by atoms with Gasteiger partial charge in [0.25, 0.3) is 0 Å². The molecule has 0 saturated heterocycles. The van der Waals surface area contributed by atoms with Gasteiger partial charge in [-0.2, -0.15) is 0 Å². The minimum atomic E-state index is 0.0803. The Morgan fingerprint density at radius 2 is 1.67 bits per heavy atom. The molecule has 0 aliphatic heterocycles. The number of hydrogen-bond acceptors (Lipinski definition) is 2. The van der Waals surface area contributed by atoms with Gasteiger partial charge in [-0.1, -0.05) is 43.7 Å². The second-order valence-corrected chi connectivity index (χ2v) is 6.69. The average molecular weight is 326 g/mol. The smallest absolute Gasteiger partial charge is 0.119 e. The highest BCUT2D eigenvalue weighted by atomic mass is 16.5. The lowest BCUT2D eigenvalue weighted by Gasteiger charge is -2.16. The van der Waals surface area contributed by atoms with E-state index in [1.54, 1.807) is 0 Å². The van der Waals surface area contributed by atoms with Gasteiger partial charge >= 0.3 is 0 Å². The van der Waals surface area contributed by atoms with Crippen molar-refractivity contribution in [2.24, 2.45) is 5.92 Å². The van der Waals surface area contributed by atoms with Gasteiger partial charge in [0.1, 0.15) is 5.75 Å². The van der Waals surface area contributed by atoms with Crippen molar-refractivity contribution < 1.29 is 9.84 Å². The highest BCUT2D eigenvalue weighted by Gasteiger charge is 2.08. The molecule has 2 aromatic rings. The third-order valence-electron chi connectivity index (χ3n) is 4.80. The second-order valence-electron chi connectivity index (χ2n) is 6.69. The molecule has 0 bridgehead atoms. The van der Waals surface area contributed by atoms with Crippen LogP contribution in [0.4, 0.5) is 0 Å². The number of aliphatic hydroxyl groups is 1. The van der Waals surface area contributed by atoms with Gasteiger partial charge in [0, 0.05) is 0 Å². The van der Waals surface area contributed by atoms with E-state index in [-0.39, 0.29) is 6.61 Å². The van der Waals surface area contributed by atoms with E-state index in [0.29, 0.717) is 5.92 Å². The van der Waals surface area contributed by atoms with E-state index < -0.39 is 0 Å². The fourth-order valence-corrected chi connectivity index (χ4v) is 2.97. The predicted octanol–water partition coefficient (Wildman–Crippen LogP) is 5.22. The van der Waals surface area contributed by atoms with E-state index in [2.05, 4.69) is 39.0 Å². The normalized spacial score (nSPS) is 12.2. The van der Waals surface area contributed by atoms with Crippen LogP contribution < -0.4 is 4.74 Å². The molecule has 0 aromatic heterocycles. The summed E-state index contributed by atoms with van der Waals surface area (Å²) in [5, 5.41) is 9.04. The van der Waals surface area contributed by atoms with E-state index in [9.17, 15) is 0 Å². The van der Waals surface area contributed by atoms with Crippen LogP contribution in [0.5, 0.6) is 5.75 Å². The first-order chi connectivity index (χ1) is 11.6. The van der Waals surface area contributed by atoms with Crippen LogP contribution in [0.2, 0.25) is 0 Å². The summed E-state index contributed by atoms with van der Waals surface area (Å²) in [7, 11) is 0. The summed E-state index contributed by atoms with van der Waals surface area (Å²) in [6.07, 6.45) is 4.63. The molecule has 0 heterocycles. The molecule has 2 heteroatoms. The third-order valence-corrected chi connectivity index (χ3v) is 4.80. The van der Waals surface area contributed by atoms with E-state index in [0.717, 1.165) is 30.8 Å². The molecule has 0 spiro atoms. The average Bonchev–Trinajstić information content (AvgIpc) is 2.61. The van der Waals surface area contributed by atoms with Crippen molar-refractivity contribution in [1.29, 1.82) is 0 Å². The summed E-state index contributed by atoms with van der Waals surface area (Å²) in [6.45, 7) is 7.47. The van der Waals surface area contributed by atoms with E-state index in [4.69, 9.17) is 9.84 Å². The van der Waals surface area contributed by atoms with Crippen molar-refractivity contribution in [2.75, 3.05) is 6.61 Å². The zero-order valence-electron chi connectivity index (χ0n) is 15.2. The minimum absolute atomic E-state index is 0.0803. The Balaban J connectivity index is 1.75. The van der Waals surface area contributed by atoms with Gasteiger partial charge in [-0.05, 0) is 73.4 Å². The number of ether oxygens (including phenoxy) is 1. The molecule has 0 saturated carbocycles. The van der Waals surface area contributed by atoms with Crippen molar-refractivity contribution in [2.45, 2.75) is 53.1 Å². The molecule has 130 valence electrons. The maximum Gasteiger partial charge on any atom is 0.119 e. The lowest BCUT2D eigenvalue weighted by Crippen LogP contribution is -2.07.